The van der Waals surface area contributed by atoms with Gasteiger partial charge in [-0.25, -0.2) is 0 Å². The van der Waals surface area contributed by atoms with E-state index in [-0.39, 0.29) is 18.4 Å². The fraction of sp³-hybridized carbons (Fsp3) is 0.500. The molecule has 4 nitrogen and oxygen atoms in total. The second kappa shape index (κ2) is 10.6. The predicted molar refractivity (Wildman–Crippen MR) is 121 cm³/mol. The van der Waals surface area contributed by atoms with Crippen LogP contribution < -0.4 is 10.1 Å². The number of hydrogen-bond acceptors (Lipinski definition) is 3. The lowest BCUT2D eigenvalue weighted by molar-refractivity contribution is -0.138. The normalized spacial score (nSPS) is 23.5. The number of carboxylic acid groups (broad SMARTS) is 1. The van der Waals surface area contributed by atoms with Gasteiger partial charge in [-0.05, 0) is 73.6 Å². The molecule has 2 aromatic carbocycles. The molecule has 162 valence electrons. The van der Waals surface area contributed by atoms with Crippen molar-refractivity contribution in [3.8, 4) is 5.75 Å². The minimum absolute atomic E-state index is 0.154. The molecule has 5 atom stereocenters. The highest BCUT2D eigenvalue weighted by molar-refractivity contribution is 5.67. The van der Waals surface area contributed by atoms with E-state index in [1.54, 1.807) is 7.11 Å². The predicted octanol–water partition coefficient (Wildman–Crippen LogP) is 5.48. The topological polar surface area (TPSA) is 58.6 Å². The lowest BCUT2D eigenvalue weighted by atomic mass is 9.70. The van der Waals surface area contributed by atoms with Crippen LogP contribution in [0.5, 0.6) is 5.75 Å². The summed E-state index contributed by atoms with van der Waals surface area (Å²) >= 11 is 0. The first-order chi connectivity index (χ1) is 14.5. The molecule has 0 amide bonds. The van der Waals surface area contributed by atoms with Gasteiger partial charge in [-0.15, -0.1) is 0 Å². The van der Waals surface area contributed by atoms with E-state index in [1.165, 1.54) is 17.5 Å². The van der Waals surface area contributed by atoms with Crippen molar-refractivity contribution in [1.29, 1.82) is 0 Å². The maximum absolute atomic E-state index is 11.4. The first-order valence-electron chi connectivity index (χ1n) is 11.1. The number of nitrogens with one attached hydrogen (secondary N) is 1. The van der Waals surface area contributed by atoms with Crippen molar-refractivity contribution in [1.82, 2.24) is 5.32 Å². The Morgan fingerprint density at radius 3 is 2.43 bits per heavy atom. The van der Waals surface area contributed by atoms with Crippen molar-refractivity contribution < 1.29 is 14.6 Å². The molecule has 1 fully saturated rings. The zero-order valence-electron chi connectivity index (χ0n) is 18.4. The van der Waals surface area contributed by atoms with Gasteiger partial charge in [0.15, 0.2) is 0 Å². The number of ether oxygens (including phenoxy) is 1. The minimum Gasteiger partial charge on any atom is -0.497 e. The van der Waals surface area contributed by atoms with Crippen LogP contribution in [0.3, 0.4) is 0 Å². The van der Waals surface area contributed by atoms with Crippen LogP contribution in [0.1, 0.15) is 56.7 Å². The molecule has 0 aliphatic heterocycles. The molecule has 1 saturated carbocycles. The molecular formula is C26H35NO3. The Morgan fingerprint density at radius 1 is 1.10 bits per heavy atom. The highest BCUT2D eigenvalue weighted by atomic mass is 16.5. The smallest absolute Gasteiger partial charge is 0.303 e. The molecule has 2 N–H and O–H groups in total. The van der Waals surface area contributed by atoms with Crippen LogP contribution in [0, 0.1) is 17.8 Å². The van der Waals surface area contributed by atoms with Gasteiger partial charge in [0.05, 0.1) is 7.11 Å². The van der Waals surface area contributed by atoms with Gasteiger partial charge in [-0.1, -0.05) is 49.4 Å². The van der Waals surface area contributed by atoms with Crippen LogP contribution >= 0.6 is 0 Å². The maximum atomic E-state index is 11.4. The van der Waals surface area contributed by atoms with E-state index in [9.17, 15) is 9.90 Å². The molecule has 4 heteroatoms. The van der Waals surface area contributed by atoms with Gasteiger partial charge in [0.2, 0.25) is 0 Å². The van der Waals surface area contributed by atoms with Crippen LogP contribution in [0.25, 0.3) is 0 Å². The third kappa shape index (κ3) is 6.09. The summed E-state index contributed by atoms with van der Waals surface area (Å²) in [7, 11) is 1.69. The van der Waals surface area contributed by atoms with Crippen LogP contribution in [0.15, 0.2) is 54.6 Å². The zero-order chi connectivity index (χ0) is 21.5. The van der Waals surface area contributed by atoms with Crippen molar-refractivity contribution in [2.75, 3.05) is 7.11 Å². The molecular weight excluding hydrogens is 374 g/mol. The van der Waals surface area contributed by atoms with Crippen LogP contribution in [0.2, 0.25) is 0 Å². The average Bonchev–Trinajstić information content (AvgIpc) is 2.75. The zero-order valence-corrected chi connectivity index (χ0v) is 18.4. The van der Waals surface area contributed by atoms with E-state index in [1.807, 2.05) is 18.2 Å². The SMILES string of the molecule is COc1ccc(C[C@H]2CC[C@H](NC(C)c3ccccc3)[C@H](C(C)CC(=O)O)C2)cc1. The van der Waals surface area contributed by atoms with Gasteiger partial charge in [0, 0.05) is 18.5 Å². The summed E-state index contributed by atoms with van der Waals surface area (Å²) in [5.41, 5.74) is 2.61. The van der Waals surface area contributed by atoms with Crippen molar-refractivity contribution in [3.05, 3.63) is 65.7 Å². The second-order valence-electron chi connectivity index (χ2n) is 8.88. The van der Waals surface area contributed by atoms with Crippen molar-refractivity contribution in [2.45, 2.75) is 58.0 Å². The summed E-state index contributed by atoms with van der Waals surface area (Å²) in [6, 6.07) is 19.4. The van der Waals surface area contributed by atoms with E-state index in [0.717, 1.165) is 25.0 Å². The summed E-state index contributed by atoms with van der Waals surface area (Å²) in [5.74, 6) is 1.29. The quantitative estimate of drug-likeness (QED) is 0.575. The fourth-order valence-electron chi connectivity index (χ4n) is 5.00. The Kier molecular flexibility index (Phi) is 7.92. The number of aliphatic carboxylic acids is 1. The van der Waals surface area contributed by atoms with E-state index in [2.05, 4.69) is 55.6 Å². The Bertz CT molecular complexity index is 790. The molecule has 1 aliphatic rings. The van der Waals surface area contributed by atoms with Crippen molar-refractivity contribution in [2.24, 2.45) is 17.8 Å². The Labute approximate surface area is 180 Å². The molecule has 1 aliphatic carbocycles. The molecule has 3 rings (SSSR count). The minimum atomic E-state index is -0.699. The first-order valence-corrected chi connectivity index (χ1v) is 11.1. The van der Waals surface area contributed by atoms with Gasteiger partial charge in [-0.3, -0.25) is 4.79 Å². The lowest BCUT2D eigenvalue weighted by Gasteiger charge is -2.41. The highest BCUT2D eigenvalue weighted by Crippen LogP contribution is 2.38. The maximum Gasteiger partial charge on any atom is 0.303 e. The number of benzene rings is 2. The lowest BCUT2D eigenvalue weighted by Crippen LogP contribution is -2.45. The van der Waals surface area contributed by atoms with Crippen LogP contribution in [-0.4, -0.2) is 24.2 Å². The van der Waals surface area contributed by atoms with E-state index >= 15 is 0 Å². The summed E-state index contributed by atoms with van der Waals surface area (Å²) in [5, 5.41) is 13.2. The summed E-state index contributed by atoms with van der Waals surface area (Å²) in [4.78, 5) is 11.4. The number of hydrogen-bond donors (Lipinski definition) is 2. The van der Waals surface area contributed by atoms with Gasteiger partial charge >= 0.3 is 5.97 Å². The number of carbonyl (C=O) groups is 1. The monoisotopic (exact) mass is 409 g/mol. The van der Waals surface area contributed by atoms with Gasteiger partial charge < -0.3 is 15.2 Å². The van der Waals surface area contributed by atoms with Crippen molar-refractivity contribution >= 4 is 5.97 Å². The first kappa shape index (κ1) is 22.4. The van der Waals surface area contributed by atoms with Gasteiger partial charge in [0.1, 0.15) is 5.75 Å². The number of methoxy groups -OCH3 is 1. The molecule has 2 unspecified atom stereocenters. The molecule has 0 saturated heterocycles. The number of rotatable bonds is 9. The fourth-order valence-corrected chi connectivity index (χ4v) is 5.00. The number of carboxylic acids is 1. The van der Waals surface area contributed by atoms with Crippen LogP contribution in [-0.2, 0) is 11.2 Å². The molecule has 2 aromatic rings. The molecule has 0 bridgehead atoms. The Morgan fingerprint density at radius 2 is 1.80 bits per heavy atom. The third-order valence-electron chi connectivity index (χ3n) is 6.68. The van der Waals surface area contributed by atoms with Gasteiger partial charge in [-0.2, -0.15) is 0 Å². The molecule has 30 heavy (non-hydrogen) atoms. The molecule has 0 heterocycles. The third-order valence-corrected chi connectivity index (χ3v) is 6.68. The Hall–Kier alpha value is -2.33. The average molecular weight is 410 g/mol. The van der Waals surface area contributed by atoms with E-state index in [4.69, 9.17) is 4.74 Å². The molecule has 0 spiro atoms. The largest absolute Gasteiger partial charge is 0.497 e. The molecule has 0 aromatic heterocycles. The van der Waals surface area contributed by atoms with E-state index in [0.29, 0.717) is 17.9 Å². The summed E-state index contributed by atoms with van der Waals surface area (Å²) < 4.78 is 5.27. The summed E-state index contributed by atoms with van der Waals surface area (Å²) in [6.07, 6.45) is 4.60. The van der Waals surface area contributed by atoms with Crippen molar-refractivity contribution in [3.63, 3.8) is 0 Å². The molecule has 0 radical (unpaired) electrons. The van der Waals surface area contributed by atoms with Gasteiger partial charge in [0.25, 0.3) is 0 Å². The highest BCUT2D eigenvalue weighted by Gasteiger charge is 2.35. The second-order valence-corrected chi connectivity index (χ2v) is 8.88. The summed E-state index contributed by atoms with van der Waals surface area (Å²) in [6.45, 7) is 4.31. The van der Waals surface area contributed by atoms with E-state index < -0.39 is 5.97 Å². The Balaban J connectivity index is 1.68. The standard InChI is InChI=1S/C26H35NO3/c1-18(15-26(28)29)24-17-21(16-20-9-12-23(30-3)13-10-20)11-14-25(24)27-19(2)22-7-5-4-6-8-22/h4-10,12-13,18-19,21,24-25,27H,11,14-17H2,1-3H3,(H,28,29)/t18?,19?,21-,24+,25+/m1/s1. The van der Waals surface area contributed by atoms with Crippen LogP contribution in [0.4, 0.5) is 0 Å².